The number of hydrogen-bond acceptors (Lipinski definition) is 2. The van der Waals surface area contributed by atoms with Gasteiger partial charge in [0.25, 0.3) is 0 Å². The van der Waals surface area contributed by atoms with Gasteiger partial charge in [0.1, 0.15) is 0 Å². The predicted molar refractivity (Wildman–Crippen MR) is 107 cm³/mol. The highest BCUT2D eigenvalue weighted by Crippen LogP contribution is 2.64. The zero-order valence-electron chi connectivity index (χ0n) is 17.4. The molecule has 8 unspecified atom stereocenters. The van der Waals surface area contributed by atoms with Gasteiger partial charge in [-0.1, -0.05) is 20.3 Å². The Hall–Kier alpha value is -1.12. The van der Waals surface area contributed by atoms with Crippen molar-refractivity contribution in [2.24, 2.45) is 53.9 Å². The summed E-state index contributed by atoms with van der Waals surface area (Å²) in [5, 5.41) is 0. The second kappa shape index (κ2) is 6.46. The van der Waals surface area contributed by atoms with Gasteiger partial charge in [-0.05, 0) is 92.3 Å². The van der Waals surface area contributed by atoms with E-state index in [4.69, 9.17) is 0 Å². The van der Waals surface area contributed by atoms with Gasteiger partial charge in [0.2, 0.25) is 5.78 Å². The highest BCUT2D eigenvalue weighted by atomic mass is 16.1. The van der Waals surface area contributed by atoms with E-state index in [2.05, 4.69) is 18.8 Å². The largest absolute Gasteiger partial charge is 0.332 e. The molecule has 3 heteroatoms. The molecule has 4 aliphatic carbocycles. The maximum atomic E-state index is 13.3. The normalized spacial score (nSPS) is 46.4. The lowest BCUT2D eigenvalue weighted by atomic mass is 9.49. The second-order valence-corrected chi connectivity index (χ2v) is 10.8. The van der Waals surface area contributed by atoms with E-state index in [1.54, 1.807) is 6.20 Å². The number of rotatable bonds is 2. The first-order valence-corrected chi connectivity index (χ1v) is 11.5. The third-order valence-corrected chi connectivity index (χ3v) is 9.57. The van der Waals surface area contributed by atoms with Crippen LogP contribution in [-0.4, -0.2) is 15.3 Å². The molecule has 0 bridgehead atoms. The molecule has 1 aromatic rings. The quantitative estimate of drug-likeness (QED) is 0.645. The van der Waals surface area contributed by atoms with Crippen LogP contribution in [0.4, 0.5) is 0 Å². The van der Waals surface area contributed by atoms with Crippen LogP contribution < -0.4 is 0 Å². The number of ketones is 1. The number of nitrogens with zero attached hydrogens (tertiary/aromatic N) is 2. The fourth-order valence-corrected chi connectivity index (χ4v) is 8.28. The minimum Gasteiger partial charge on any atom is -0.332 e. The minimum absolute atomic E-state index is 0.189. The Bertz CT molecular complexity index is 724. The zero-order chi connectivity index (χ0) is 18.8. The van der Waals surface area contributed by atoms with Crippen molar-refractivity contribution in [3.05, 3.63) is 18.2 Å². The van der Waals surface area contributed by atoms with Crippen molar-refractivity contribution < 1.29 is 4.79 Å². The molecule has 3 nitrogen and oxygen atoms in total. The van der Waals surface area contributed by atoms with Crippen LogP contribution in [0.3, 0.4) is 0 Å². The first kappa shape index (κ1) is 17.9. The summed E-state index contributed by atoms with van der Waals surface area (Å²) in [7, 11) is 1.96. The molecule has 0 radical (unpaired) electrons. The Morgan fingerprint density at radius 3 is 2.67 bits per heavy atom. The first-order valence-electron chi connectivity index (χ1n) is 11.5. The molecular weight excluding hydrogens is 332 g/mol. The molecule has 4 saturated carbocycles. The van der Waals surface area contributed by atoms with Crippen molar-refractivity contribution in [1.29, 1.82) is 0 Å². The third kappa shape index (κ3) is 2.67. The van der Waals surface area contributed by atoms with Crippen LogP contribution in [0.2, 0.25) is 0 Å². The van der Waals surface area contributed by atoms with Gasteiger partial charge in [0.05, 0.1) is 0 Å². The van der Waals surface area contributed by atoms with E-state index in [0.717, 1.165) is 41.9 Å². The number of Topliss-reactive ketones (excluding diaryl/α,β-unsaturated/α-hetero) is 1. The monoisotopic (exact) mass is 368 g/mol. The van der Waals surface area contributed by atoms with Gasteiger partial charge in [0, 0.05) is 25.4 Å². The van der Waals surface area contributed by atoms with Crippen LogP contribution in [0.25, 0.3) is 0 Å². The predicted octanol–water partition coefficient (Wildman–Crippen LogP) is 5.51. The maximum absolute atomic E-state index is 13.3. The first-order chi connectivity index (χ1) is 13.0. The second-order valence-electron chi connectivity index (χ2n) is 10.8. The van der Waals surface area contributed by atoms with E-state index in [9.17, 15) is 4.79 Å². The van der Waals surface area contributed by atoms with E-state index in [-0.39, 0.29) is 11.3 Å². The maximum Gasteiger partial charge on any atom is 0.201 e. The lowest BCUT2D eigenvalue weighted by Crippen LogP contribution is -2.49. The minimum atomic E-state index is 0.189. The van der Waals surface area contributed by atoms with Gasteiger partial charge < -0.3 is 4.57 Å². The molecule has 0 aliphatic heterocycles. The average molecular weight is 369 g/mol. The van der Waals surface area contributed by atoms with E-state index in [1.807, 2.05) is 17.8 Å². The molecule has 8 atom stereocenters. The van der Waals surface area contributed by atoms with Gasteiger partial charge >= 0.3 is 0 Å². The van der Waals surface area contributed by atoms with E-state index < -0.39 is 0 Å². The smallest absolute Gasteiger partial charge is 0.201 e. The van der Waals surface area contributed by atoms with Gasteiger partial charge in [-0.3, -0.25) is 4.79 Å². The Morgan fingerprint density at radius 2 is 1.89 bits per heavy atom. The molecule has 0 spiro atoms. The van der Waals surface area contributed by atoms with Crippen molar-refractivity contribution in [2.45, 2.75) is 71.6 Å². The average Bonchev–Trinajstić information content (AvgIpc) is 3.23. The van der Waals surface area contributed by atoms with E-state index in [0.29, 0.717) is 11.6 Å². The molecule has 0 N–H and O–H groups in total. The van der Waals surface area contributed by atoms with Gasteiger partial charge in [-0.2, -0.15) is 0 Å². The summed E-state index contributed by atoms with van der Waals surface area (Å²) >= 11 is 0. The summed E-state index contributed by atoms with van der Waals surface area (Å²) < 4.78 is 1.92. The summed E-state index contributed by atoms with van der Waals surface area (Å²) in [6.07, 6.45) is 16.0. The van der Waals surface area contributed by atoms with Crippen LogP contribution in [0.15, 0.2) is 12.4 Å². The number of aromatic nitrogens is 2. The summed E-state index contributed by atoms with van der Waals surface area (Å²) in [4.78, 5) is 17.7. The number of hydrogen-bond donors (Lipinski definition) is 0. The molecule has 5 rings (SSSR count). The highest BCUT2D eigenvalue weighted by Gasteiger charge is 2.58. The van der Waals surface area contributed by atoms with Crippen LogP contribution in [0.5, 0.6) is 0 Å². The molecule has 0 aromatic carbocycles. The zero-order valence-corrected chi connectivity index (χ0v) is 17.4. The molecule has 0 saturated heterocycles. The molecule has 4 aliphatic rings. The number of fused-ring (bicyclic) bond motifs is 5. The standard InChI is InChI=1S/C24H36N2O/c1-15-4-6-17-16(14-15)5-7-19-18(17)10-11-24(2)20(19)8-9-21(24)22(27)23-25-12-13-26(23)3/h12-13,15-21H,4-11,14H2,1-3H3. The van der Waals surface area contributed by atoms with Crippen LogP contribution in [-0.2, 0) is 7.05 Å². The Labute approximate surface area is 164 Å². The summed E-state index contributed by atoms with van der Waals surface area (Å²) in [5.41, 5.74) is 0.207. The Balaban J connectivity index is 1.38. The topological polar surface area (TPSA) is 34.9 Å². The SMILES string of the molecule is CC1CCC2C(CCC3C2CCC2(C)C(C(=O)c4nccn4C)CCC32)C1. The Morgan fingerprint density at radius 1 is 1.07 bits per heavy atom. The van der Waals surface area contributed by atoms with Gasteiger partial charge in [-0.25, -0.2) is 4.98 Å². The fraction of sp³-hybridized carbons (Fsp3) is 0.833. The number of imidazole rings is 1. The summed E-state index contributed by atoms with van der Waals surface area (Å²) in [6.45, 7) is 4.92. The summed E-state index contributed by atoms with van der Waals surface area (Å²) in [5.74, 6) is 6.73. The van der Waals surface area contributed by atoms with Crippen molar-refractivity contribution in [3.8, 4) is 0 Å². The van der Waals surface area contributed by atoms with Crippen molar-refractivity contribution >= 4 is 5.78 Å². The lowest BCUT2D eigenvalue weighted by Gasteiger charge is -2.56. The number of carbonyl (C=O) groups is 1. The highest BCUT2D eigenvalue weighted by molar-refractivity contribution is 5.95. The summed E-state index contributed by atoms with van der Waals surface area (Å²) in [6, 6.07) is 0. The van der Waals surface area contributed by atoms with Crippen LogP contribution in [0, 0.1) is 46.8 Å². The van der Waals surface area contributed by atoms with Crippen LogP contribution in [0.1, 0.15) is 82.3 Å². The molecular formula is C24H36N2O. The lowest BCUT2D eigenvalue weighted by molar-refractivity contribution is -0.0635. The number of aryl methyl sites for hydroxylation is 1. The van der Waals surface area contributed by atoms with Crippen molar-refractivity contribution in [3.63, 3.8) is 0 Å². The third-order valence-electron chi connectivity index (χ3n) is 9.57. The van der Waals surface area contributed by atoms with Crippen molar-refractivity contribution in [2.75, 3.05) is 0 Å². The molecule has 0 amide bonds. The van der Waals surface area contributed by atoms with E-state index >= 15 is 0 Å². The molecule has 4 fully saturated rings. The molecule has 1 aromatic heterocycles. The molecule has 148 valence electrons. The fourth-order valence-electron chi connectivity index (χ4n) is 8.28. The van der Waals surface area contributed by atoms with Gasteiger partial charge in [-0.15, -0.1) is 0 Å². The Kier molecular flexibility index (Phi) is 4.29. The number of carbonyl (C=O) groups excluding carboxylic acids is 1. The van der Waals surface area contributed by atoms with Crippen LogP contribution >= 0.6 is 0 Å². The molecule has 27 heavy (non-hydrogen) atoms. The van der Waals surface area contributed by atoms with E-state index in [1.165, 1.54) is 51.4 Å². The van der Waals surface area contributed by atoms with Crippen molar-refractivity contribution in [1.82, 2.24) is 9.55 Å². The molecule has 1 heterocycles. The van der Waals surface area contributed by atoms with Gasteiger partial charge in [0.15, 0.2) is 5.82 Å².